The summed E-state index contributed by atoms with van der Waals surface area (Å²) in [5.41, 5.74) is 10.9. The molecule has 8 heteroatoms. The summed E-state index contributed by atoms with van der Waals surface area (Å²) in [4.78, 5) is 14.0. The van der Waals surface area contributed by atoms with Crippen molar-refractivity contribution in [1.82, 2.24) is 29.5 Å². The summed E-state index contributed by atoms with van der Waals surface area (Å²) in [7, 11) is 2.21. The largest absolute Gasteiger partial charge is 0.383 e. The van der Waals surface area contributed by atoms with Gasteiger partial charge in [0.1, 0.15) is 17.8 Å². The monoisotopic (exact) mass is 506 g/mol. The third-order valence-electron chi connectivity index (χ3n) is 8.36. The van der Waals surface area contributed by atoms with Crippen molar-refractivity contribution in [3.8, 4) is 17.3 Å². The fourth-order valence-electron chi connectivity index (χ4n) is 6.13. The summed E-state index contributed by atoms with van der Waals surface area (Å²) < 4.78 is 2.10. The zero-order valence-corrected chi connectivity index (χ0v) is 21.9. The smallest absolute Gasteiger partial charge is 0.164 e. The number of nitrogens with zero attached hydrogens (tertiary/aromatic N) is 7. The van der Waals surface area contributed by atoms with Crippen LogP contribution in [-0.2, 0) is 0 Å². The Morgan fingerprint density at radius 2 is 1.53 bits per heavy atom. The molecule has 0 amide bonds. The minimum absolute atomic E-state index is 0.296. The summed E-state index contributed by atoms with van der Waals surface area (Å²) in [5.74, 6) is 0.133. The van der Waals surface area contributed by atoms with E-state index in [1.807, 2.05) is 54.6 Å². The predicted molar refractivity (Wildman–Crippen MR) is 149 cm³/mol. The summed E-state index contributed by atoms with van der Waals surface area (Å²) >= 11 is 0. The third-order valence-corrected chi connectivity index (χ3v) is 8.36. The number of anilines is 1. The van der Waals surface area contributed by atoms with E-state index in [9.17, 15) is 5.26 Å². The van der Waals surface area contributed by atoms with Gasteiger partial charge in [0.25, 0.3) is 0 Å². The highest BCUT2D eigenvalue weighted by Crippen LogP contribution is 2.37. The normalized spacial score (nSPS) is 21.8. The van der Waals surface area contributed by atoms with E-state index in [0.29, 0.717) is 17.9 Å². The molecule has 0 bridgehead atoms. The number of piperazine rings is 1. The second-order valence-electron chi connectivity index (χ2n) is 10.6. The fraction of sp³-hybridized carbons (Fsp3) is 0.400. The molecule has 3 heterocycles. The summed E-state index contributed by atoms with van der Waals surface area (Å²) in [6.45, 7) is 4.64. The molecule has 2 aromatic carbocycles. The number of likely N-dealkylation sites (N-methyl/N-ethyl adjacent to an activating group) is 1. The lowest BCUT2D eigenvalue weighted by Crippen LogP contribution is -2.49. The number of nitrogen functional groups attached to an aromatic ring is 1. The molecule has 2 fully saturated rings. The van der Waals surface area contributed by atoms with Gasteiger partial charge < -0.3 is 10.6 Å². The maximum atomic E-state index is 9.85. The van der Waals surface area contributed by atoms with E-state index in [4.69, 9.17) is 10.8 Å². The molecule has 0 unspecified atom stereocenters. The number of benzene rings is 2. The van der Waals surface area contributed by atoms with Crippen LogP contribution in [0.4, 0.5) is 5.82 Å². The predicted octanol–water partition coefficient (Wildman–Crippen LogP) is 4.46. The molecule has 2 N–H and O–H groups in total. The molecule has 1 saturated carbocycles. The lowest BCUT2D eigenvalue weighted by Gasteiger charge is -2.41. The van der Waals surface area contributed by atoms with Crippen molar-refractivity contribution in [2.24, 2.45) is 0 Å². The van der Waals surface area contributed by atoms with E-state index >= 15 is 0 Å². The van der Waals surface area contributed by atoms with Gasteiger partial charge in [-0.05, 0) is 43.9 Å². The topological polar surface area (TPSA) is 99.9 Å². The number of fused-ring (bicyclic) bond motifs is 1. The molecule has 0 spiro atoms. The standard InChI is InChI=1S/C30H34N8/c1-36-15-17-37(18-16-36)24-11-13-25(14-12-24)38-30-27(29(32)33-20-34-30)28(35-38)23-9-7-22(8-10-23)26(19-31)21-5-3-2-4-6-21/h2-10,20,24-26H,11-18H2,1H3,(H2,32,33,34)/t24?,25?,26-/m0/s1. The third kappa shape index (κ3) is 4.64. The van der Waals surface area contributed by atoms with Crippen LogP contribution in [0.25, 0.3) is 22.3 Å². The molecule has 38 heavy (non-hydrogen) atoms. The van der Waals surface area contributed by atoms with E-state index in [1.54, 1.807) is 0 Å². The molecular formula is C30H34N8. The molecule has 1 saturated heterocycles. The van der Waals surface area contributed by atoms with Gasteiger partial charge in [-0.25, -0.2) is 14.6 Å². The molecule has 2 aromatic heterocycles. The van der Waals surface area contributed by atoms with Gasteiger partial charge in [0.05, 0.1) is 23.4 Å². The van der Waals surface area contributed by atoms with E-state index in [1.165, 1.54) is 19.2 Å². The average molecular weight is 507 g/mol. The van der Waals surface area contributed by atoms with Crippen LogP contribution in [0.3, 0.4) is 0 Å². The van der Waals surface area contributed by atoms with Crippen LogP contribution in [-0.4, -0.2) is 68.8 Å². The maximum Gasteiger partial charge on any atom is 0.164 e. The Morgan fingerprint density at radius 3 is 2.21 bits per heavy atom. The summed E-state index contributed by atoms with van der Waals surface area (Å²) in [5, 5.41) is 15.8. The number of hydrogen-bond donors (Lipinski definition) is 1. The van der Waals surface area contributed by atoms with Gasteiger partial charge in [-0.3, -0.25) is 4.90 Å². The average Bonchev–Trinajstić information content (AvgIpc) is 3.36. The maximum absolute atomic E-state index is 9.85. The highest BCUT2D eigenvalue weighted by molar-refractivity contribution is 5.98. The van der Waals surface area contributed by atoms with Crippen LogP contribution in [0.1, 0.15) is 48.8 Å². The number of rotatable bonds is 5. The van der Waals surface area contributed by atoms with Crippen LogP contribution in [0.5, 0.6) is 0 Å². The van der Waals surface area contributed by atoms with Gasteiger partial charge >= 0.3 is 0 Å². The fourth-order valence-corrected chi connectivity index (χ4v) is 6.13. The first kappa shape index (κ1) is 24.5. The Morgan fingerprint density at radius 1 is 0.868 bits per heavy atom. The van der Waals surface area contributed by atoms with Gasteiger partial charge in [-0.15, -0.1) is 0 Å². The van der Waals surface area contributed by atoms with Gasteiger partial charge in [0.15, 0.2) is 5.65 Å². The highest BCUT2D eigenvalue weighted by Gasteiger charge is 2.30. The molecule has 1 aliphatic carbocycles. The zero-order chi connectivity index (χ0) is 26.1. The first-order chi connectivity index (χ1) is 18.6. The van der Waals surface area contributed by atoms with Gasteiger partial charge in [0.2, 0.25) is 0 Å². The number of nitrogens with two attached hydrogens (primary N) is 1. The minimum atomic E-state index is -0.316. The Balaban J connectivity index is 1.27. The van der Waals surface area contributed by atoms with Crippen molar-refractivity contribution in [3.63, 3.8) is 0 Å². The highest BCUT2D eigenvalue weighted by atomic mass is 15.3. The van der Waals surface area contributed by atoms with Crippen molar-refractivity contribution >= 4 is 16.9 Å². The van der Waals surface area contributed by atoms with Crippen molar-refractivity contribution in [3.05, 3.63) is 72.1 Å². The molecule has 6 rings (SSSR count). The second-order valence-corrected chi connectivity index (χ2v) is 10.6. The minimum Gasteiger partial charge on any atom is -0.383 e. The van der Waals surface area contributed by atoms with Crippen molar-refractivity contribution in [1.29, 1.82) is 5.26 Å². The SMILES string of the molecule is CN1CCN(C2CCC(n3nc(-c4ccc([C@@H](C#N)c5ccccc5)cc4)c4c(N)ncnc43)CC2)CC1. The van der Waals surface area contributed by atoms with Crippen LogP contribution >= 0.6 is 0 Å². The zero-order valence-electron chi connectivity index (χ0n) is 21.9. The molecule has 4 aromatic rings. The number of aromatic nitrogens is 4. The van der Waals surface area contributed by atoms with Gasteiger partial charge in [0, 0.05) is 37.8 Å². The molecule has 0 radical (unpaired) electrons. The Labute approximate surface area is 223 Å². The molecule has 1 aliphatic heterocycles. The Bertz CT molecular complexity index is 1420. The van der Waals surface area contributed by atoms with E-state index in [0.717, 1.165) is 72.4 Å². The van der Waals surface area contributed by atoms with Crippen molar-refractivity contribution in [2.45, 2.75) is 43.7 Å². The van der Waals surface area contributed by atoms with E-state index in [2.05, 4.69) is 37.6 Å². The number of hydrogen-bond acceptors (Lipinski definition) is 7. The first-order valence-corrected chi connectivity index (χ1v) is 13.6. The van der Waals surface area contributed by atoms with E-state index < -0.39 is 0 Å². The van der Waals surface area contributed by atoms with Crippen LogP contribution < -0.4 is 5.73 Å². The second kappa shape index (κ2) is 10.5. The van der Waals surface area contributed by atoms with Gasteiger partial charge in [-0.1, -0.05) is 54.6 Å². The van der Waals surface area contributed by atoms with Crippen LogP contribution in [0.15, 0.2) is 60.9 Å². The summed E-state index contributed by atoms with van der Waals surface area (Å²) in [6.07, 6.45) is 6.05. The summed E-state index contributed by atoms with van der Waals surface area (Å²) in [6, 6.07) is 21.4. The molecule has 1 atom stereocenters. The van der Waals surface area contributed by atoms with Crippen LogP contribution in [0, 0.1) is 11.3 Å². The van der Waals surface area contributed by atoms with Crippen molar-refractivity contribution < 1.29 is 0 Å². The lowest BCUT2D eigenvalue weighted by atomic mass is 9.90. The van der Waals surface area contributed by atoms with Gasteiger partial charge in [-0.2, -0.15) is 10.4 Å². The lowest BCUT2D eigenvalue weighted by molar-refractivity contribution is 0.0815. The quantitative estimate of drug-likeness (QED) is 0.426. The first-order valence-electron chi connectivity index (χ1n) is 13.6. The van der Waals surface area contributed by atoms with Crippen LogP contribution in [0.2, 0.25) is 0 Å². The molecular weight excluding hydrogens is 472 g/mol. The Kier molecular flexibility index (Phi) is 6.79. The Hall–Kier alpha value is -3.80. The number of nitriles is 1. The van der Waals surface area contributed by atoms with E-state index in [-0.39, 0.29) is 5.92 Å². The molecule has 2 aliphatic rings. The molecule has 8 nitrogen and oxygen atoms in total. The van der Waals surface area contributed by atoms with Crippen molar-refractivity contribution in [2.75, 3.05) is 39.0 Å². The molecule has 194 valence electrons.